The third-order valence-corrected chi connectivity index (χ3v) is 8.59. The normalized spacial score (nSPS) is 17.0. The van der Waals surface area contributed by atoms with Gasteiger partial charge in [-0.25, -0.2) is 0 Å². The molecule has 0 bridgehead atoms. The lowest BCUT2D eigenvalue weighted by Crippen LogP contribution is -1.92. The van der Waals surface area contributed by atoms with E-state index in [9.17, 15) is 17.1 Å². The van der Waals surface area contributed by atoms with E-state index in [1.807, 2.05) is 0 Å². The van der Waals surface area contributed by atoms with Crippen LogP contribution in [0.4, 0.5) is 0 Å². The lowest BCUT2D eigenvalue weighted by atomic mass is 9.84. The molecule has 230 valence electrons. The molecule has 49 heavy (non-hydrogen) atoms. The third-order valence-electron chi connectivity index (χ3n) is 8.59. The van der Waals surface area contributed by atoms with E-state index in [2.05, 4.69) is 0 Å². The molecule has 0 aliphatic carbocycles. The molecule has 10 aromatic rings. The summed E-state index contributed by atoms with van der Waals surface area (Å²) in [6.07, 6.45) is 0. The average molecular weight is 647 g/mol. The number of phenolic OH excluding ortho intramolecular Hbond substituents is 2. The van der Waals surface area contributed by atoms with Crippen molar-refractivity contribution in [3.8, 4) is 44.9 Å². The van der Waals surface area contributed by atoms with E-state index in [-0.39, 0.29) is 65.7 Å². The summed E-state index contributed by atoms with van der Waals surface area (Å²) in [6, 6.07) is 0.975. The molecule has 3 heteroatoms. The molecule has 9 aromatic carbocycles. The topological polar surface area (TPSA) is 53.6 Å². The first-order valence-electron chi connectivity index (χ1n) is 24.0. The van der Waals surface area contributed by atoms with Crippen LogP contribution < -0.4 is 0 Å². The monoisotopic (exact) mass is 646 g/mol. The van der Waals surface area contributed by atoms with Crippen molar-refractivity contribution in [2.45, 2.75) is 0 Å². The number of hydrogen-bond acceptors (Lipinski definition) is 3. The van der Waals surface area contributed by atoms with E-state index in [1.54, 1.807) is 48.5 Å². The largest absolute Gasteiger partial charge is 0.507 e. The minimum atomic E-state index is -0.971. The Morgan fingerprint density at radius 2 is 1.06 bits per heavy atom. The van der Waals surface area contributed by atoms with Crippen LogP contribution in [0.2, 0.25) is 0 Å². The molecule has 0 aliphatic heterocycles. The first-order valence-corrected chi connectivity index (χ1v) is 15.0. The van der Waals surface area contributed by atoms with Crippen molar-refractivity contribution in [2.75, 3.05) is 0 Å². The number of aromatic hydroxyl groups is 2. The maximum Gasteiger partial charge on any atom is 0.136 e. The van der Waals surface area contributed by atoms with Crippen LogP contribution in [0.5, 0.6) is 11.5 Å². The molecular weight excluding hydrogens is 601 g/mol. The van der Waals surface area contributed by atoms with Gasteiger partial charge in [0.15, 0.2) is 0 Å². The Labute approximate surface area is 306 Å². The summed E-state index contributed by atoms with van der Waals surface area (Å²) in [5, 5.41) is 23.1. The lowest BCUT2D eigenvalue weighted by Gasteiger charge is -2.19. The molecule has 0 aliphatic rings. The van der Waals surface area contributed by atoms with Gasteiger partial charge in [-0.15, -0.1) is 0 Å². The summed E-state index contributed by atoms with van der Waals surface area (Å²) in [5.41, 5.74) is -1.88. The SMILES string of the molecule is [2H]c1c([2H])c([2H])c(-c2c([2H])c(O)c3c([2H])c(-c4c5ccccc5c(-c5c([2H])c([2H])c([2H])c6oc7c([2H])c8c([2H])c([2H])c([2H])c([2H])c8c([2H])c7c56)c5ccccc45)c(O)c([2H])c3c2[2H])c([2H])c1[2H]. The summed E-state index contributed by atoms with van der Waals surface area (Å²) < 4.78 is 164. The Morgan fingerprint density at radius 1 is 0.429 bits per heavy atom. The Kier molecular flexibility index (Phi) is 3.22. The van der Waals surface area contributed by atoms with Crippen molar-refractivity contribution in [3.63, 3.8) is 0 Å². The molecule has 0 spiro atoms. The van der Waals surface area contributed by atoms with Gasteiger partial charge in [-0.3, -0.25) is 0 Å². The highest BCUT2D eigenvalue weighted by molar-refractivity contribution is 6.26. The Morgan fingerprint density at radius 3 is 1.76 bits per heavy atom. The van der Waals surface area contributed by atoms with Crippen LogP contribution in [0.1, 0.15) is 24.7 Å². The second-order valence-electron chi connectivity index (χ2n) is 11.3. The number of benzene rings is 9. The maximum absolute atomic E-state index is 12.1. The van der Waals surface area contributed by atoms with Gasteiger partial charge in [0.05, 0.1) is 24.7 Å². The Balaban J connectivity index is 1.36. The maximum atomic E-state index is 12.1. The summed E-state index contributed by atoms with van der Waals surface area (Å²) in [5.74, 6) is -1.82. The number of rotatable bonds is 3. The molecule has 1 heterocycles. The third kappa shape index (κ3) is 4.16. The van der Waals surface area contributed by atoms with Crippen LogP contribution in [0.25, 0.3) is 98.4 Å². The van der Waals surface area contributed by atoms with Gasteiger partial charge in [-0.05, 0) is 102 Å². The molecule has 3 nitrogen and oxygen atoms in total. The summed E-state index contributed by atoms with van der Waals surface area (Å²) in [7, 11) is 0. The van der Waals surface area contributed by atoms with Gasteiger partial charge in [0.2, 0.25) is 0 Å². The molecule has 1 aromatic heterocycles. The van der Waals surface area contributed by atoms with E-state index >= 15 is 0 Å². The minimum Gasteiger partial charge on any atom is -0.507 e. The van der Waals surface area contributed by atoms with E-state index in [0.29, 0.717) is 10.8 Å². The first kappa shape index (κ1) is 15.1. The number of hydrogen-bond donors (Lipinski definition) is 2. The minimum absolute atomic E-state index is 0.0488. The number of phenols is 2. The van der Waals surface area contributed by atoms with Crippen molar-refractivity contribution in [1.82, 2.24) is 0 Å². The molecule has 10 rings (SSSR count). The van der Waals surface area contributed by atoms with E-state index < -0.39 is 142 Å². The van der Waals surface area contributed by atoms with Crippen LogP contribution in [0.15, 0.2) is 162 Å². The predicted octanol–water partition coefficient (Wildman–Crippen LogP) is 12.6. The fourth-order valence-electron chi connectivity index (χ4n) is 6.55. The number of furan rings is 1. The van der Waals surface area contributed by atoms with Crippen molar-refractivity contribution < 1.29 is 39.3 Å². The smallest absolute Gasteiger partial charge is 0.136 e. The van der Waals surface area contributed by atoms with Crippen LogP contribution in [-0.2, 0) is 0 Å². The molecule has 0 unspecified atom stereocenters. The fourth-order valence-corrected chi connectivity index (χ4v) is 6.55. The molecular formula is C46H28O3. The van der Waals surface area contributed by atoms with Crippen molar-refractivity contribution in [2.24, 2.45) is 0 Å². The molecule has 0 amide bonds. The van der Waals surface area contributed by atoms with Gasteiger partial charge in [-0.2, -0.15) is 0 Å². The quantitative estimate of drug-likeness (QED) is 0.188. The summed E-state index contributed by atoms with van der Waals surface area (Å²) in [6.45, 7) is 0. The summed E-state index contributed by atoms with van der Waals surface area (Å²) >= 11 is 0. The second-order valence-corrected chi connectivity index (χ2v) is 11.3. The van der Waals surface area contributed by atoms with Gasteiger partial charge >= 0.3 is 0 Å². The Hall–Kier alpha value is -6.58. The van der Waals surface area contributed by atoms with Crippen LogP contribution >= 0.6 is 0 Å². The molecule has 2 N–H and O–H groups in total. The molecule has 0 saturated carbocycles. The van der Waals surface area contributed by atoms with Gasteiger partial charge in [0.1, 0.15) is 22.7 Å². The first-order chi connectivity index (χ1) is 31.7. The molecule has 0 radical (unpaired) electrons. The van der Waals surface area contributed by atoms with Crippen molar-refractivity contribution >= 4 is 65.0 Å². The lowest BCUT2D eigenvalue weighted by molar-refractivity contribution is 0.477. The van der Waals surface area contributed by atoms with Gasteiger partial charge in [-0.1, -0.05) is 115 Å². The van der Waals surface area contributed by atoms with E-state index in [1.165, 1.54) is 0 Å². The Bertz CT molecular complexity index is 3910. The highest BCUT2D eigenvalue weighted by Crippen LogP contribution is 2.49. The fraction of sp³-hybridized carbons (Fsp3) is 0. The van der Waals surface area contributed by atoms with E-state index in [0.717, 1.165) is 0 Å². The predicted molar refractivity (Wildman–Crippen MR) is 203 cm³/mol. The van der Waals surface area contributed by atoms with Gasteiger partial charge in [0, 0.05) is 27.3 Å². The highest BCUT2D eigenvalue weighted by Gasteiger charge is 2.22. The van der Waals surface area contributed by atoms with Crippen LogP contribution in [-0.4, -0.2) is 10.2 Å². The molecule has 0 saturated heterocycles. The zero-order valence-electron chi connectivity index (χ0n) is 42.9. The van der Waals surface area contributed by atoms with Gasteiger partial charge in [0.25, 0.3) is 0 Å². The van der Waals surface area contributed by atoms with Crippen molar-refractivity contribution in [1.29, 1.82) is 0 Å². The number of fused-ring (bicyclic) bond motifs is 7. The molecule has 0 fully saturated rings. The van der Waals surface area contributed by atoms with Gasteiger partial charge < -0.3 is 14.6 Å². The average Bonchev–Trinajstić information content (AvgIpc) is 3.72. The summed E-state index contributed by atoms with van der Waals surface area (Å²) in [4.78, 5) is 0. The second kappa shape index (κ2) is 10.5. The van der Waals surface area contributed by atoms with Crippen LogP contribution in [0.3, 0.4) is 0 Å². The van der Waals surface area contributed by atoms with Crippen LogP contribution in [0, 0.1) is 0 Å². The zero-order valence-corrected chi connectivity index (χ0v) is 24.9. The molecule has 0 atom stereocenters. The van der Waals surface area contributed by atoms with Crippen molar-refractivity contribution in [3.05, 3.63) is 157 Å². The highest BCUT2D eigenvalue weighted by atomic mass is 16.3. The zero-order chi connectivity index (χ0) is 48.3. The standard InChI is InChI=1S/C46H28O3/c47-40-23-30(27-11-2-1-3-12-27)21-31-24-41(48)38(26-37(31)40)45-34-17-8-6-15-32(34)44(33-16-7-9-18-35(33)45)36-19-10-20-42-46(36)39-22-28-13-4-5-14-29(28)25-43(39)49-42/h1-26,47-48H/i1D,2D,3D,4D,5D,10D,11D,12D,13D,14D,19D,20D,21D,22D,23D,24D,25D,26D. The van der Waals surface area contributed by atoms with E-state index in [4.69, 9.17) is 22.2 Å².